The van der Waals surface area contributed by atoms with Gasteiger partial charge in [0, 0.05) is 0 Å². The van der Waals surface area contributed by atoms with E-state index >= 15 is 0 Å². The topological polar surface area (TPSA) is 55.8 Å². The molecule has 1 aromatic rings. The molecule has 120 valence electrons. The van der Waals surface area contributed by atoms with Crippen molar-refractivity contribution in [3.63, 3.8) is 0 Å². The first-order chi connectivity index (χ1) is 10.2. The quantitative estimate of drug-likeness (QED) is 0.497. The summed E-state index contributed by atoms with van der Waals surface area (Å²) in [6, 6.07) is 4.78. The molecule has 1 aromatic carbocycles. The van der Waals surface area contributed by atoms with Crippen LogP contribution in [-0.2, 0) is 0 Å². The van der Waals surface area contributed by atoms with Crippen LogP contribution in [0.4, 0.5) is 0 Å². The van der Waals surface area contributed by atoms with E-state index in [2.05, 4.69) is 13.8 Å². The molecule has 0 fully saturated rings. The van der Waals surface area contributed by atoms with Gasteiger partial charge in [0.05, 0.1) is 18.8 Å². The van der Waals surface area contributed by atoms with Crippen molar-refractivity contribution in [2.75, 3.05) is 13.2 Å². The molecule has 0 aliphatic rings. The van der Waals surface area contributed by atoms with Crippen molar-refractivity contribution in [1.82, 2.24) is 0 Å². The summed E-state index contributed by atoms with van der Waals surface area (Å²) >= 11 is 0. The first-order valence-corrected chi connectivity index (χ1v) is 7.82. The van der Waals surface area contributed by atoms with Gasteiger partial charge in [0.1, 0.15) is 0 Å². The van der Waals surface area contributed by atoms with Crippen LogP contribution in [0.2, 0.25) is 0 Å². The number of carboxylic acids is 1. The van der Waals surface area contributed by atoms with Crippen molar-refractivity contribution < 1.29 is 19.4 Å². The van der Waals surface area contributed by atoms with E-state index in [0.29, 0.717) is 24.7 Å². The van der Waals surface area contributed by atoms with Gasteiger partial charge in [-0.05, 0) is 31.0 Å². The molecule has 0 heterocycles. The Bertz CT molecular complexity index is 435. The van der Waals surface area contributed by atoms with Crippen LogP contribution in [0.15, 0.2) is 18.2 Å². The van der Waals surface area contributed by atoms with Gasteiger partial charge < -0.3 is 14.6 Å². The van der Waals surface area contributed by atoms with E-state index in [1.807, 2.05) is 0 Å². The van der Waals surface area contributed by atoms with Crippen LogP contribution < -0.4 is 9.47 Å². The Morgan fingerprint density at radius 1 is 0.955 bits per heavy atom. The van der Waals surface area contributed by atoms with Gasteiger partial charge in [-0.2, -0.15) is 0 Å². The molecule has 1 N–H and O–H groups in total. The SMILES string of the molecule is CCCCCOc1ccc(C(=O)O)cc1OCCCCC.[NaH]. The van der Waals surface area contributed by atoms with Gasteiger partial charge in [-0.1, -0.05) is 39.5 Å². The number of unbranched alkanes of at least 4 members (excludes halogenated alkanes) is 4. The van der Waals surface area contributed by atoms with Crippen molar-refractivity contribution in [1.29, 1.82) is 0 Å². The molecule has 5 heteroatoms. The van der Waals surface area contributed by atoms with Crippen molar-refractivity contribution >= 4 is 35.5 Å². The maximum absolute atomic E-state index is 11.0. The van der Waals surface area contributed by atoms with E-state index in [4.69, 9.17) is 14.6 Å². The molecule has 0 radical (unpaired) electrons. The average molecular weight is 318 g/mol. The molecule has 0 bridgehead atoms. The van der Waals surface area contributed by atoms with Crippen molar-refractivity contribution in [2.45, 2.75) is 52.4 Å². The number of aromatic carboxylic acids is 1. The van der Waals surface area contributed by atoms with Crippen molar-refractivity contribution in [3.8, 4) is 11.5 Å². The zero-order valence-corrected chi connectivity index (χ0v) is 13.1. The third-order valence-corrected chi connectivity index (χ3v) is 3.20. The average Bonchev–Trinajstić information content (AvgIpc) is 2.48. The summed E-state index contributed by atoms with van der Waals surface area (Å²) in [7, 11) is 0. The van der Waals surface area contributed by atoms with Gasteiger partial charge in [0.15, 0.2) is 11.5 Å². The molecular formula is C17H27NaO4. The van der Waals surface area contributed by atoms with Gasteiger partial charge in [0.25, 0.3) is 0 Å². The summed E-state index contributed by atoms with van der Waals surface area (Å²) < 4.78 is 11.4. The Labute approximate surface area is 155 Å². The molecule has 0 saturated carbocycles. The summed E-state index contributed by atoms with van der Waals surface area (Å²) in [5, 5.41) is 9.06. The number of carboxylic acid groups (broad SMARTS) is 1. The predicted octanol–water partition coefficient (Wildman–Crippen LogP) is 3.87. The summed E-state index contributed by atoms with van der Waals surface area (Å²) in [4.78, 5) is 11.0. The molecule has 0 atom stereocenters. The number of hydrogen-bond donors (Lipinski definition) is 1. The molecule has 0 saturated heterocycles. The molecule has 22 heavy (non-hydrogen) atoms. The fourth-order valence-corrected chi connectivity index (χ4v) is 1.94. The van der Waals surface area contributed by atoms with Crippen molar-refractivity contribution in [3.05, 3.63) is 23.8 Å². The molecule has 4 nitrogen and oxygen atoms in total. The van der Waals surface area contributed by atoms with Crippen LogP contribution in [-0.4, -0.2) is 53.8 Å². The van der Waals surface area contributed by atoms with E-state index < -0.39 is 5.97 Å². The van der Waals surface area contributed by atoms with Crippen LogP contribution in [0, 0.1) is 0 Å². The Balaban J connectivity index is 0.00000441. The van der Waals surface area contributed by atoms with Crippen LogP contribution in [0.3, 0.4) is 0 Å². The predicted molar refractivity (Wildman–Crippen MR) is 90.6 cm³/mol. The third-order valence-electron chi connectivity index (χ3n) is 3.20. The number of carbonyl (C=O) groups is 1. The first-order valence-electron chi connectivity index (χ1n) is 7.82. The fourth-order valence-electron chi connectivity index (χ4n) is 1.94. The molecular weight excluding hydrogens is 291 g/mol. The number of ether oxygens (including phenoxy) is 2. The minimum atomic E-state index is -0.953. The second kappa shape index (κ2) is 12.8. The van der Waals surface area contributed by atoms with Crippen LogP contribution >= 0.6 is 0 Å². The van der Waals surface area contributed by atoms with E-state index in [0.717, 1.165) is 38.5 Å². The summed E-state index contributed by atoms with van der Waals surface area (Å²) in [6.07, 6.45) is 6.45. The molecule has 0 aromatic heterocycles. The monoisotopic (exact) mass is 318 g/mol. The zero-order valence-electron chi connectivity index (χ0n) is 13.1. The van der Waals surface area contributed by atoms with Gasteiger partial charge in [-0.3, -0.25) is 0 Å². The standard InChI is InChI=1S/C17H26O4.Na.H/c1-3-5-7-11-20-15-10-9-14(17(18)19)13-16(15)21-12-8-6-4-2;;/h9-10,13H,3-8,11-12H2,1-2H3,(H,18,19);;. The Morgan fingerprint density at radius 3 is 2.00 bits per heavy atom. The minimum absolute atomic E-state index is 0. The molecule has 0 aliphatic heterocycles. The summed E-state index contributed by atoms with van der Waals surface area (Å²) in [5.74, 6) is 0.209. The normalized spacial score (nSPS) is 9.91. The Kier molecular flexibility index (Phi) is 12.4. The van der Waals surface area contributed by atoms with Gasteiger partial charge in [0.2, 0.25) is 0 Å². The van der Waals surface area contributed by atoms with Crippen LogP contribution in [0.5, 0.6) is 11.5 Å². The summed E-state index contributed by atoms with van der Waals surface area (Å²) in [6.45, 7) is 5.49. The zero-order chi connectivity index (χ0) is 15.5. The van der Waals surface area contributed by atoms with Crippen molar-refractivity contribution in [2.24, 2.45) is 0 Å². The second-order valence-corrected chi connectivity index (χ2v) is 5.08. The maximum atomic E-state index is 11.0. The van der Waals surface area contributed by atoms with E-state index in [1.54, 1.807) is 18.2 Å². The Hall–Kier alpha value is -0.710. The van der Waals surface area contributed by atoms with Gasteiger partial charge in [-0.25, -0.2) is 4.79 Å². The number of hydrogen-bond acceptors (Lipinski definition) is 3. The second-order valence-electron chi connectivity index (χ2n) is 5.08. The number of benzene rings is 1. The molecule has 0 unspecified atom stereocenters. The van der Waals surface area contributed by atoms with E-state index in [1.165, 1.54) is 0 Å². The molecule has 1 rings (SSSR count). The van der Waals surface area contributed by atoms with E-state index in [-0.39, 0.29) is 35.1 Å². The van der Waals surface area contributed by atoms with Gasteiger partial charge >= 0.3 is 35.5 Å². The molecule has 0 aliphatic carbocycles. The number of rotatable bonds is 11. The van der Waals surface area contributed by atoms with Gasteiger partial charge in [-0.15, -0.1) is 0 Å². The fraction of sp³-hybridized carbons (Fsp3) is 0.588. The summed E-state index contributed by atoms with van der Waals surface area (Å²) in [5.41, 5.74) is 0.224. The van der Waals surface area contributed by atoms with E-state index in [9.17, 15) is 4.79 Å². The van der Waals surface area contributed by atoms with Crippen LogP contribution in [0.1, 0.15) is 62.7 Å². The third kappa shape index (κ3) is 8.06. The molecule has 0 spiro atoms. The van der Waals surface area contributed by atoms with Crippen LogP contribution in [0.25, 0.3) is 0 Å². The Morgan fingerprint density at radius 2 is 1.50 bits per heavy atom. The first kappa shape index (κ1) is 21.3. The molecule has 0 amide bonds.